The van der Waals surface area contributed by atoms with E-state index in [0.29, 0.717) is 41.6 Å². The van der Waals surface area contributed by atoms with Crippen LogP contribution < -0.4 is 14.3 Å². The molecule has 1 heterocycles. The van der Waals surface area contributed by atoms with Gasteiger partial charge in [0.25, 0.3) is 0 Å². The van der Waals surface area contributed by atoms with Crippen LogP contribution in [0.1, 0.15) is 18.9 Å². The SMILES string of the molecule is CCOCCn1c(=NC(=O)CCS(=O)(=O)Cc2ccccc2)sc2cc(OC)c(OC)cc21. The lowest BCUT2D eigenvalue weighted by Crippen LogP contribution is -2.20. The van der Waals surface area contributed by atoms with Crippen molar-refractivity contribution in [2.24, 2.45) is 4.99 Å². The molecule has 1 aromatic heterocycles. The van der Waals surface area contributed by atoms with Crippen molar-refractivity contribution in [3.05, 3.63) is 52.8 Å². The van der Waals surface area contributed by atoms with Gasteiger partial charge in [-0.3, -0.25) is 4.79 Å². The first-order valence-corrected chi connectivity index (χ1v) is 13.2. The number of benzene rings is 2. The predicted octanol–water partition coefficient (Wildman–Crippen LogP) is 3.19. The van der Waals surface area contributed by atoms with Crippen LogP contribution in [-0.4, -0.2) is 52.1 Å². The van der Waals surface area contributed by atoms with E-state index in [0.717, 1.165) is 10.2 Å². The average Bonchev–Trinajstić information content (AvgIpc) is 3.13. The number of sulfone groups is 1. The molecule has 0 N–H and O–H groups in total. The van der Waals surface area contributed by atoms with Crippen molar-refractivity contribution >= 4 is 37.3 Å². The van der Waals surface area contributed by atoms with E-state index in [1.807, 2.05) is 29.7 Å². The van der Waals surface area contributed by atoms with Gasteiger partial charge in [0.15, 0.2) is 26.1 Å². The highest BCUT2D eigenvalue weighted by molar-refractivity contribution is 7.90. The smallest absolute Gasteiger partial charge is 0.249 e. The summed E-state index contributed by atoms with van der Waals surface area (Å²) < 4.78 is 43.9. The quantitative estimate of drug-likeness (QED) is 0.382. The summed E-state index contributed by atoms with van der Waals surface area (Å²) in [4.78, 5) is 17.3. The maximum absolute atomic E-state index is 12.6. The molecule has 3 aromatic rings. The van der Waals surface area contributed by atoms with Crippen molar-refractivity contribution in [2.45, 2.75) is 25.6 Å². The van der Waals surface area contributed by atoms with Gasteiger partial charge in [-0.2, -0.15) is 4.99 Å². The molecular weight excluding hydrogens is 464 g/mol. The van der Waals surface area contributed by atoms with E-state index in [1.54, 1.807) is 38.5 Å². The third-order valence-corrected chi connectivity index (χ3v) is 7.57. The summed E-state index contributed by atoms with van der Waals surface area (Å²) in [6.07, 6.45) is -0.179. The lowest BCUT2D eigenvalue weighted by atomic mass is 10.2. The number of carbonyl (C=O) groups is 1. The first-order chi connectivity index (χ1) is 15.9. The molecule has 0 radical (unpaired) electrons. The highest BCUT2D eigenvalue weighted by Crippen LogP contribution is 2.33. The number of rotatable bonds is 11. The van der Waals surface area contributed by atoms with Gasteiger partial charge in [0, 0.05) is 31.7 Å². The van der Waals surface area contributed by atoms with Crippen LogP contribution in [0, 0.1) is 0 Å². The molecular formula is C23H28N2O6S2. The van der Waals surface area contributed by atoms with E-state index >= 15 is 0 Å². The Kier molecular flexibility index (Phi) is 8.65. The number of amides is 1. The highest BCUT2D eigenvalue weighted by atomic mass is 32.2. The van der Waals surface area contributed by atoms with Crippen molar-refractivity contribution < 1.29 is 27.4 Å². The zero-order chi connectivity index (χ0) is 23.8. The van der Waals surface area contributed by atoms with Crippen LogP contribution >= 0.6 is 11.3 Å². The number of ether oxygens (including phenoxy) is 3. The molecule has 0 aliphatic rings. The summed E-state index contributed by atoms with van der Waals surface area (Å²) in [6.45, 7) is 3.42. The molecule has 0 saturated carbocycles. The average molecular weight is 493 g/mol. The van der Waals surface area contributed by atoms with Gasteiger partial charge in [0.05, 0.1) is 42.5 Å². The molecule has 0 bridgehead atoms. The first-order valence-electron chi connectivity index (χ1n) is 10.5. The van der Waals surface area contributed by atoms with Crippen LogP contribution in [0.2, 0.25) is 0 Å². The van der Waals surface area contributed by atoms with Gasteiger partial charge in [-0.05, 0) is 12.5 Å². The minimum absolute atomic E-state index is 0.0993. The maximum atomic E-state index is 12.6. The second-order valence-corrected chi connectivity index (χ2v) is 10.4. The Bertz CT molecular complexity index is 1260. The minimum atomic E-state index is -3.43. The summed E-state index contributed by atoms with van der Waals surface area (Å²) in [5.41, 5.74) is 1.53. The molecule has 0 aliphatic heterocycles. The van der Waals surface area contributed by atoms with E-state index < -0.39 is 15.7 Å². The van der Waals surface area contributed by atoms with E-state index in [4.69, 9.17) is 14.2 Å². The molecule has 10 heteroatoms. The van der Waals surface area contributed by atoms with Crippen LogP contribution in [0.4, 0.5) is 0 Å². The Morgan fingerprint density at radius 1 is 1.09 bits per heavy atom. The van der Waals surface area contributed by atoms with Gasteiger partial charge in [0.1, 0.15) is 0 Å². The summed E-state index contributed by atoms with van der Waals surface area (Å²) in [5, 5.41) is 0. The molecule has 2 aromatic carbocycles. The van der Waals surface area contributed by atoms with Crippen LogP contribution in [0.5, 0.6) is 11.5 Å². The molecule has 8 nitrogen and oxygen atoms in total. The normalized spacial score (nSPS) is 12.3. The Labute approximate surface area is 197 Å². The third kappa shape index (κ3) is 6.66. The van der Waals surface area contributed by atoms with Crippen molar-refractivity contribution in [3.63, 3.8) is 0 Å². The monoisotopic (exact) mass is 492 g/mol. The molecule has 0 fully saturated rings. The molecule has 0 spiro atoms. The largest absolute Gasteiger partial charge is 0.493 e. The summed E-state index contributed by atoms with van der Waals surface area (Å²) in [5.74, 6) is 0.307. The van der Waals surface area contributed by atoms with Crippen LogP contribution in [-0.2, 0) is 31.7 Å². The minimum Gasteiger partial charge on any atom is -0.493 e. The van der Waals surface area contributed by atoms with E-state index in [1.165, 1.54) is 11.3 Å². The number of thiazole rings is 1. The van der Waals surface area contributed by atoms with Crippen LogP contribution in [0.15, 0.2) is 47.5 Å². The van der Waals surface area contributed by atoms with Crippen LogP contribution in [0.25, 0.3) is 10.2 Å². The topological polar surface area (TPSA) is 96.2 Å². The van der Waals surface area contributed by atoms with Gasteiger partial charge in [-0.25, -0.2) is 8.42 Å². The number of hydrogen-bond donors (Lipinski definition) is 0. The molecule has 33 heavy (non-hydrogen) atoms. The number of hydrogen-bond acceptors (Lipinski definition) is 7. The summed E-state index contributed by atoms with van der Waals surface area (Å²) in [6, 6.07) is 12.6. The lowest BCUT2D eigenvalue weighted by Gasteiger charge is -2.09. The molecule has 3 rings (SSSR count). The first kappa shape index (κ1) is 24.9. The third-order valence-electron chi connectivity index (χ3n) is 4.93. The number of carbonyl (C=O) groups excluding carboxylic acids is 1. The van der Waals surface area contributed by atoms with E-state index in [9.17, 15) is 13.2 Å². The fourth-order valence-corrected chi connectivity index (χ4v) is 5.72. The zero-order valence-electron chi connectivity index (χ0n) is 18.9. The number of aromatic nitrogens is 1. The Hall–Kier alpha value is -2.69. The predicted molar refractivity (Wildman–Crippen MR) is 129 cm³/mol. The maximum Gasteiger partial charge on any atom is 0.249 e. The van der Waals surface area contributed by atoms with Crippen molar-refractivity contribution in [1.29, 1.82) is 0 Å². The lowest BCUT2D eigenvalue weighted by molar-refractivity contribution is -0.117. The van der Waals surface area contributed by atoms with Gasteiger partial charge >= 0.3 is 0 Å². The Morgan fingerprint density at radius 3 is 2.45 bits per heavy atom. The summed E-state index contributed by atoms with van der Waals surface area (Å²) in [7, 11) is -0.308. The second-order valence-electron chi connectivity index (χ2n) is 7.24. The molecule has 0 unspecified atom stereocenters. The molecule has 0 saturated heterocycles. The van der Waals surface area contributed by atoms with Crippen LogP contribution in [0.3, 0.4) is 0 Å². The van der Waals surface area contributed by atoms with Crippen molar-refractivity contribution in [2.75, 3.05) is 33.2 Å². The van der Waals surface area contributed by atoms with E-state index in [-0.39, 0.29) is 17.9 Å². The Morgan fingerprint density at radius 2 is 1.79 bits per heavy atom. The molecule has 178 valence electrons. The van der Waals surface area contributed by atoms with Gasteiger partial charge in [0.2, 0.25) is 5.91 Å². The number of fused-ring (bicyclic) bond motifs is 1. The second kappa shape index (κ2) is 11.4. The molecule has 1 amide bonds. The van der Waals surface area contributed by atoms with Gasteiger partial charge in [-0.1, -0.05) is 41.7 Å². The van der Waals surface area contributed by atoms with Crippen molar-refractivity contribution in [1.82, 2.24) is 4.57 Å². The van der Waals surface area contributed by atoms with E-state index in [2.05, 4.69) is 4.99 Å². The summed E-state index contributed by atoms with van der Waals surface area (Å²) >= 11 is 1.33. The highest BCUT2D eigenvalue weighted by Gasteiger charge is 2.16. The Balaban J connectivity index is 1.86. The zero-order valence-corrected chi connectivity index (χ0v) is 20.6. The fourth-order valence-electron chi connectivity index (χ4n) is 3.30. The standard InChI is InChI=1S/C23H28N2O6S2/c1-4-31-12-11-25-18-14-19(29-2)20(30-3)15-21(18)32-23(25)24-22(26)10-13-33(27,28)16-17-8-6-5-7-9-17/h5-9,14-15H,4,10-13,16H2,1-3H3. The molecule has 0 aliphatic carbocycles. The van der Waals surface area contributed by atoms with Gasteiger partial charge in [-0.15, -0.1) is 0 Å². The number of methoxy groups -OCH3 is 2. The number of nitrogens with zero attached hydrogens (tertiary/aromatic N) is 2. The molecule has 0 atom stereocenters. The van der Waals surface area contributed by atoms with Crippen molar-refractivity contribution in [3.8, 4) is 11.5 Å². The fraction of sp³-hybridized carbons (Fsp3) is 0.391. The van der Waals surface area contributed by atoms with Gasteiger partial charge < -0.3 is 18.8 Å².